The Labute approximate surface area is 123 Å². The second-order valence-corrected chi connectivity index (χ2v) is 5.13. The van der Waals surface area contributed by atoms with E-state index in [0.29, 0.717) is 18.0 Å². The van der Waals surface area contributed by atoms with Crippen LogP contribution in [0, 0.1) is 11.8 Å². The highest BCUT2D eigenvalue weighted by atomic mass is 16.5. The lowest BCUT2D eigenvalue weighted by Crippen LogP contribution is -2.26. The number of carbonyl (C=O) groups is 2. The second-order valence-electron chi connectivity index (χ2n) is 5.13. The molecule has 21 heavy (non-hydrogen) atoms. The van der Waals surface area contributed by atoms with Crippen molar-refractivity contribution in [2.45, 2.75) is 13.5 Å². The van der Waals surface area contributed by atoms with Gasteiger partial charge in [-0.25, -0.2) is 0 Å². The Morgan fingerprint density at radius 1 is 1.38 bits per heavy atom. The van der Waals surface area contributed by atoms with Crippen molar-refractivity contribution < 1.29 is 24.2 Å². The molecule has 114 valence electrons. The quantitative estimate of drug-likeness (QED) is 0.887. The van der Waals surface area contributed by atoms with Gasteiger partial charge in [-0.1, -0.05) is 6.92 Å². The van der Waals surface area contributed by atoms with E-state index >= 15 is 0 Å². The number of methoxy groups -OCH3 is 2. The lowest BCUT2D eigenvalue weighted by Gasteiger charge is -2.18. The predicted molar refractivity (Wildman–Crippen MR) is 75.3 cm³/mol. The summed E-state index contributed by atoms with van der Waals surface area (Å²) in [5.41, 5.74) is 0.824. The van der Waals surface area contributed by atoms with Crippen LogP contribution < -0.4 is 9.47 Å². The van der Waals surface area contributed by atoms with Crippen LogP contribution in [0.5, 0.6) is 11.5 Å². The van der Waals surface area contributed by atoms with Gasteiger partial charge in [-0.05, 0) is 12.1 Å². The lowest BCUT2D eigenvalue weighted by atomic mass is 9.98. The molecular formula is C15H19NO5. The van der Waals surface area contributed by atoms with Crippen LogP contribution in [-0.4, -0.2) is 42.6 Å². The number of carboxylic acid groups (broad SMARTS) is 1. The third-order valence-electron chi connectivity index (χ3n) is 3.89. The number of carbonyl (C=O) groups excluding carboxylic acids is 1. The van der Waals surface area contributed by atoms with Gasteiger partial charge in [0, 0.05) is 24.7 Å². The molecule has 0 aromatic heterocycles. The van der Waals surface area contributed by atoms with Gasteiger partial charge in [-0.15, -0.1) is 0 Å². The molecule has 1 N–H and O–H groups in total. The first-order chi connectivity index (χ1) is 9.97. The third-order valence-corrected chi connectivity index (χ3v) is 3.89. The third kappa shape index (κ3) is 2.94. The number of carboxylic acids is 1. The molecule has 6 nitrogen and oxygen atoms in total. The van der Waals surface area contributed by atoms with Crippen LogP contribution in [0.4, 0.5) is 0 Å². The number of aliphatic carboxylic acids is 1. The molecule has 0 bridgehead atoms. The van der Waals surface area contributed by atoms with Crippen LogP contribution in [0.25, 0.3) is 0 Å². The molecular weight excluding hydrogens is 274 g/mol. The maximum atomic E-state index is 12.1. The average molecular weight is 293 g/mol. The minimum absolute atomic E-state index is 0.139. The molecule has 1 unspecified atom stereocenters. The standard InChI is InChI=1S/C15H19NO5/c1-9-12(15(18)19)8-16(14(9)17)7-10-4-5-11(20-2)6-13(10)21-3/h4-6,9,12H,7-8H2,1-3H3,(H,18,19)/t9-,12?/m1/s1. The van der Waals surface area contributed by atoms with Crippen LogP contribution in [0.15, 0.2) is 18.2 Å². The number of hydrogen-bond acceptors (Lipinski definition) is 4. The zero-order valence-electron chi connectivity index (χ0n) is 12.3. The highest BCUT2D eigenvalue weighted by Gasteiger charge is 2.41. The van der Waals surface area contributed by atoms with Gasteiger partial charge < -0.3 is 19.5 Å². The van der Waals surface area contributed by atoms with E-state index in [1.807, 2.05) is 6.07 Å². The molecule has 0 spiro atoms. The molecule has 0 radical (unpaired) electrons. The minimum Gasteiger partial charge on any atom is -0.497 e. The van der Waals surface area contributed by atoms with Crippen LogP contribution in [0.3, 0.4) is 0 Å². The van der Waals surface area contributed by atoms with Gasteiger partial charge in [0.25, 0.3) is 0 Å². The molecule has 1 aromatic rings. The molecule has 1 aromatic carbocycles. The summed E-state index contributed by atoms with van der Waals surface area (Å²) < 4.78 is 10.4. The minimum atomic E-state index is -0.931. The molecule has 1 amide bonds. The summed E-state index contributed by atoms with van der Waals surface area (Å²) in [7, 11) is 3.12. The molecule has 0 aliphatic carbocycles. The van der Waals surface area contributed by atoms with Gasteiger partial charge in [-0.3, -0.25) is 9.59 Å². The number of likely N-dealkylation sites (tertiary alicyclic amines) is 1. The Hall–Kier alpha value is -2.24. The van der Waals surface area contributed by atoms with E-state index in [2.05, 4.69) is 0 Å². The highest BCUT2D eigenvalue weighted by Crippen LogP contribution is 2.30. The van der Waals surface area contributed by atoms with E-state index < -0.39 is 17.8 Å². The molecule has 2 rings (SSSR count). The number of benzene rings is 1. The smallest absolute Gasteiger partial charge is 0.309 e. The van der Waals surface area contributed by atoms with Crippen molar-refractivity contribution in [1.29, 1.82) is 0 Å². The Bertz CT molecular complexity index is 557. The first-order valence-electron chi connectivity index (χ1n) is 6.70. The Kier molecular flexibility index (Phi) is 4.35. The Balaban J connectivity index is 2.19. The molecule has 1 fully saturated rings. The van der Waals surface area contributed by atoms with E-state index in [-0.39, 0.29) is 12.5 Å². The zero-order chi connectivity index (χ0) is 15.6. The normalized spacial score (nSPS) is 21.5. The van der Waals surface area contributed by atoms with Crippen molar-refractivity contribution in [3.8, 4) is 11.5 Å². The van der Waals surface area contributed by atoms with Gasteiger partial charge in [0.05, 0.1) is 26.1 Å². The van der Waals surface area contributed by atoms with Gasteiger partial charge >= 0.3 is 5.97 Å². The summed E-state index contributed by atoms with van der Waals surface area (Å²) in [6.45, 7) is 2.22. The summed E-state index contributed by atoms with van der Waals surface area (Å²) in [5, 5.41) is 9.13. The molecule has 0 saturated carbocycles. The number of amides is 1. The van der Waals surface area contributed by atoms with Gasteiger partial charge in [0.15, 0.2) is 0 Å². The summed E-state index contributed by atoms with van der Waals surface area (Å²) in [5.74, 6) is -0.928. The summed E-state index contributed by atoms with van der Waals surface area (Å²) in [6, 6.07) is 5.36. The lowest BCUT2D eigenvalue weighted by molar-refractivity contribution is -0.143. The van der Waals surface area contributed by atoms with Crippen LogP contribution >= 0.6 is 0 Å². The van der Waals surface area contributed by atoms with Crippen molar-refractivity contribution >= 4 is 11.9 Å². The second kappa shape index (κ2) is 6.03. The maximum absolute atomic E-state index is 12.1. The fourth-order valence-electron chi connectivity index (χ4n) is 2.57. The van der Waals surface area contributed by atoms with Crippen molar-refractivity contribution in [3.05, 3.63) is 23.8 Å². The molecule has 6 heteroatoms. The predicted octanol–water partition coefficient (Wildman–Crippen LogP) is 1.38. The SMILES string of the molecule is COc1ccc(CN2CC(C(=O)O)[C@@H](C)C2=O)c(OC)c1. The van der Waals surface area contributed by atoms with Crippen molar-refractivity contribution in [2.24, 2.45) is 11.8 Å². The maximum Gasteiger partial charge on any atom is 0.309 e. The number of nitrogens with zero attached hydrogens (tertiary/aromatic N) is 1. The van der Waals surface area contributed by atoms with E-state index in [4.69, 9.17) is 14.6 Å². The molecule has 1 saturated heterocycles. The molecule has 1 heterocycles. The van der Waals surface area contributed by atoms with E-state index in [1.165, 1.54) is 0 Å². The highest BCUT2D eigenvalue weighted by molar-refractivity contribution is 5.88. The molecule has 2 atom stereocenters. The van der Waals surface area contributed by atoms with Gasteiger partial charge in [0.1, 0.15) is 11.5 Å². The Morgan fingerprint density at radius 3 is 2.62 bits per heavy atom. The molecule has 1 aliphatic heterocycles. The van der Waals surface area contributed by atoms with Crippen LogP contribution in [0.1, 0.15) is 12.5 Å². The topological polar surface area (TPSA) is 76.1 Å². The largest absolute Gasteiger partial charge is 0.497 e. The first-order valence-corrected chi connectivity index (χ1v) is 6.70. The van der Waals surface area contributed by atoms with Crippen molar-refractivity contribution in [1.82, 2.24) is 4.90 Å². The average Bonchev–Trinajstić information content (AvgIpc) is 2.76. The fourth-order valence-corrected chi connectivity index (χ4v) is 2.57. The number of rotatable bonds is 5. The van der Waals surface area contributed by atoms with Crippen LogP contribution in [0.2, 0.25) is 0 Å². The van der Waals surface area contributed by atoms with Gasteiger partial charge in [0.2, 0.25) is 5.91 Å². The van der Waals surface area contributed by atoms with Crippen LogP contribution in [-0.2, 0) is 16.1 Å². The molecule has 1 aliphatic rings. The van der Waals surface area contributed by atoms with Crippen molar-refractivity contribution in [3.63, 3.8) is 0 Å². The summed E-state index contributed by atoms with van der Waals surface area (Å²) in [4.78, 5) is 24.8. The monoisotopic (exact) mass is 293 g/mol. The summed E-state index contributed by atoms with van der Waals surface area (Å²) in [6.07, 6.45) is 0. The van der Waals surface area contributed by atoms with E-state index in [1.54, 1.807) is 38.2 Å². The summed E-state index contributed by atoms with van der Waals surface area (Å²) >= 11 is 0. The van der Waals surface area contributed by atoms with Crippen molar-refractivity contribution in [2.75, 3.05) is 20.8 Å². The van der Waals surface area contributed by atoms with E-state index in [0.717, 1.165) is 5.56 Å². The number of hydrogen-bond donors (Lipinski definition) is 1. The zero-order valence-corrected chi connectivity index (χ0v) is 12.3. The van der Waals surface area contributed by atoms with Gasteiger partial charge in [-0.2, -0.15) is 0 Å². The van der Waals surface area contributed by atoms with E-state index in [9.17, 15) is 9.59 Å². The fraction of sp³-hybridized carbons (Fsp3) is 0.467. The Morgan fingerprint density at radius 2 is 2.10 bits per heavy atom. The number of ether oxygens (including phenoxy) is 2. The first kappa shape index (κ1) is 15.2.